The van der Waals surface area contributed by atoms with E-state index in [1.165, 1.54) is 0 Å². The number of nitrogens with one attached hydrogen (secondary N) is 4. The minimum atomic E-state index is -0.799. The lowest BCUT2D eigenvalue weighted by Gasteiger charge is -2.27. The number of benzene rings is 3. The van der Waals surface area contributed by atoms with Crippen LogP contribution in [-0.2, 0) is 20.8 Å². The zero-order valence-electron chi connectivity index (χ0n) is 24.7. The number of amides is 3. The molecule has 3 aromatic carbocycles. The van der Waals surface area contributed by atoms with Crippen LogP contribution in [0.1, 0.15) is 44.7 Å². The molecule has 1 aliphatic heterocycles. The van der Waals surface area contributed by atoms with Gasteiger partial charge in [0.15, 0.2) is 0 Å². The van der Waals surface area contributed by atoms with E-state index in [-0.39, 0.29) is 23.6 Å². The second-order valence-electron chi connectivity index (χ2n) is 11.0. The van der Waals surface area contributed by atoms with Gasteiger partial charge >= 0.3 is 0 Å². The summed E-state index contributed by atoms with van der Waals surface area (Å²) in [6.07, 6.45) is 5.41. The van der Waals surface area contributed by atoms with Crippen molar-refractivity contribution in [3.63, 3.8) is 0 Å². The SMILES string of the molecule is CCC[C@@H]1NC(=O)[C@@H](C(C)C)NC(=O)[C@@H](Cc2ccc3ccccc3c2)NCCOc2ccccc2/C=C/CNC1=O. The molecule has 0 aromatic heterocycles. The third kappa shape index (κ3) is 8.42. The van der Waals surface area contributed by atoms with Gasteiger partial charge in [-0.3, -0.25) is 14.4 Å². The van der Waals surface area contributed by atoms with Crippen LogP contribution in [-0.4, -0.2) is 55.5 Å². The van der Waals surface area contributed by atoms with E-state index < -0.39 is 18.1 Å². The van der Waals surface area contributed by atoms with Crippen LogP contribution >= 0.6 is 0 Å². The summed E-state index contributed by atoms with van der Waals surface area (Å²) >= 11 is 0. The molecule has 8 heteroatoms. The zero-order chi connectivity index (χ0) is 29.9. The quantitative estimate of drug-likeness (QED) is 0.371. The molecule has 0 spiro atoms. The summed E-state index contributed by atoms with van der Waals surface area (Å²) in [6.45, 7) is 6.81. The fourth-order valence-electron chi connectivity index (χ4n) is 5.08. The van der Waals surface area contributed by atoms with Crippen LogP contribution in [0, 0.1) is 5.92 Å². The summed E-state index contributed by atoms with van der Waals surface area (Å²) < 4.78 is 6.07. The molecule has 0 radical (unpaired) electrons. The molecule has 3 aromatic rings. The molecule has 222 valence electrons. The Morgan fingerprint density at radius 3 is 2.40 bits per heavy atom. The number of ether oxygens (including phenoxy) is 1. The largest absolute Gasteiger partial charge is 0.492 e. The van der Waals surface area contributed by atoms with Crippen LogP contribution in [0.2, 0.25) is 0 Å². The first-order valence-electron chi connectivity index (χ1n) is 14.8. The van der Waals surface area contributed by atoms with E-state index in [1.807, 2.05) is 75.4 Å². The molecule has 0 bridgehead atoms. The number of rotatable bonds is 5. The van der Waals surface area contributed by atoms with Crippen molar-refractivity contribution < 1.29 is 19.1 Å². The van der Waals surface area contributed by atoms with Crippen LogP contribution in [0.4, 0.5) is 0 Å². The van der Waals surface area contributed by atoms with Crippen LogP contribution < -0.4 is 26.0 Å². The first-order valence-corrected chi connectivity index (χ1v) is 14.8. The Morgan fingerprint density at radius 2 is 1.62 bits per heavy atom. The van der Waals surface area contributed by atoms with E-state index in [0.717, 1.165) is 34.1 Å². The molecule has 1 aliphatic rings. The van der Waals surface area contributed by atoms with Crippen molar-refractivity contribution in [1.82, 2.24) is 21.3 Å². The van der Waals surface area contributed by atoms with E-state index in [4.69, 9.17) is 4.74 Å². The lowest BCUT2D eigenvalue weighted by Crippen LogP contribution is -2.58. The van der Waals surface area contributed by atoms with Gasteiger partial charge in [0, 0.05) is 18.7 Å². The highest BCUT2D eigenvalue weighted by atomic mass is 16.5. The number of hydrogen-bond donors (Lipinski definition) is 4. The summed E-state index contributed by atoms with van der Waals surface area (Å²) in [7, 11) is 0. The number of carbonyl (C=O) groups is 3. The molecule has 1 heterocycles. The predicted octanol–water partition coefficient (Wildman–Crippen LogP) is 3.99. The molecule has 0 unspecified atom stereocenters. The van der Waals surface area contributed by atoms with Gasteiger partial charge in [-0.25, -0.2) is 0 Å². The fraction of sp³-hybridized carbons (Fsp3) is 0.382. The number of hydrogen-bond acceptors (Lipinski definition) is 5. The van der Waals surface area contributed by atoms with Gasteiger partial charge in [0.25, 0.3) is 0 Å². The van der Waals surface area contributed by atoms with E-state index in [0.29, 0.717) is 32.5 Å². The smallest absolute Gasteiger partial charge is 0.243 e. The van der Waals surface area contributed by atoms with Crippen molar-refractivity contribution in [2.24, 2.45) is 5.92 Å². The molecule has 0 fully saturated rings. The molecule has 0 aliphatic carbocycles. The third-order valence-electron chi connectivity index (χ3n) is 7.39. The van der Waals surface area contributed by atoms with Crippen molar-refractivity contribution in [1.29, 1.82) is 0 Å². The predicted molar refractivity (Wildman–Crippen MR) is 167 cm³/mol. The maximum Gasteiger partial charge on any atom is 0.243 e. The third-order valence-corrected chi connectivity index (χ3v) is 7.39. The van der Waals surface area contributed by atoms with E-state index in [9.17, 15) is 14.4 Å². The minimum Gasteiger partial charge on any atom is -0.492 e. The second-order valence-corrected chi connectivity index (χ2v) is 11.0. The summed E-state index contributed by atoms with van der Waals surface area (Å²) in [5.74, 6) is -0.378. The average Bonchev–Trinajstić information content (AvgIpc) is 2.99. The van der Waals surface area contributed by atoms with Gasteiger partial charge in [0.05, 0.1) is 6.04 Å². The lowest BCUT2D eigenvalue weighted by atomic mass is 9.99. The molecule has 0 saturated carbocycles. The van der Waals surface area contributed by atoms with Crippen molar-refractivity contribution in [3.8, 4) is 5.75 Å². The molecular formula is C34H42N4O4. The Hall–Kier alpha value is -4.17. The highest BCUT2D eigenvalue weighted by Gasteiger charge is 2.30. The molecule has 0 saturated heterocycles. The Morgan fingerprint density at radius 1 is 0.857 bits per heavy atom. The number of fused-ring (bicyclic) bond motifs is 2. The van der Waals surface area contributed by atoms with Crippen LogP contribution in [0.15, 0.2) is 72.8 Å². The van der Waals surface area contributed by atoms with Crippen molar-refractivity contribution in [2.75, 3.05) is 19.7 Å². The Kier molecular flexibility index (Phi) is 11.1. The summed E-state index contributed by atoms with van der Waals surface area (Å²) in [5, 5.41) is 14.4. The van der Waals surface area contributed by atoms with E-state index in [2.05, 4.69) is 45.5 Å². The molecule has 3 atom stereocenters. The Balaban J connectivity index is 1.61. The molecule has 42 heavy (non-hydrogen) atoms. The summed E-state index contributed by atoms with van der Waals surface area (Å²) in [6, 6.07) is 19.9. The lowest BCUT2D eigenvalue weighted by molar-refractivity contribution is -0.133. The summed E-state index contributed by atoms with van der Waals surface area (Å²) in [5.41, 5.74) is 1.89. The highest BCUT2D eigenvalue weighted by Crippen LogP contribution is 2.20. The van der Waals surface area contributed by atoms with Gasteiger partial charge in [-0.05, 0) is 41.2 Å². The Labute approximate surface area is 248 Å². The maximum absolute atomic E-state index is 13.7. The van der Waals surface area contributed by atoms with Crippen molar-refractivity contribution in [2.45, 2.75) is 58.2 Å². The molecular weight excluding hydrogens is 528 g/mol. The van der Waals surface area contributed by atoms with Gasteiger partial charge < -0.3 is 26.0 Å². The maximum atomic E-state index is 13.7. The van der Waals surface area contributed by atoms with Gasteiger partial charge in [-0.15, -0.1) is 0 Å². The molecule has 4 rings (SSSR count). The highest BCUT2D eigenvalue weighted by molar-refractivity contribution is 5.93. The minimum absolute atomic E-state index is 0.186. The fourth-order valence-corrected chi connectivity index (χ4v) is 5.08. The van der Waals surface area contributed by atoms with Crippen LogP contribution in [0.25, 0.3) is 16.8 Å². The van der Waals surface area contributed by atoms with Crippen molar-refractivity contribution >= 4 is 34.6 Å². The first-order chi connectivity index (χ1) is 20.4. The van der Waals surface area contributed by atoms with Gasteiger partial charge in [0.1, 0.15) is 24.4 Å². The topological polar surface area (TPSA) is 109 Å². The average molecular weight is 571 g/mol. The second kappa shape index (κ2) is 15.2. The van der Waals surface area contributed by atoms with Crippen molar-refractivity contribution in [3.05, 3.63) is 83.9 Å². The van der Waals surface area contributed by atoms with Crippen LogP contribution in [0.3, 0.4) is 0 Å². The standard InChI is InChI=1S/C34H42N4O4/c1-4-10-28-32(39)36-18-9-14-26-12-7-8-15-30(26)42-20-19-35-29(33(40)38-31(23(2)3)34(41)37-28)22-24-16-17-25-11-5-6-13-27(25)21-24/h5-9,11-17,21,23,28-29,31,35H,4,10,18-20,22H2,1-3H3,(H,36,39)(H,37,41)(H,38,40)/b14-9+/t28-,29+,31+/m0/s1. The van der Waals surface area contributed by atoms with Gasteiger partial charge in [0.2, 0.25) is 17.7 Å². The normalized spacial score (nSPS) is 21.7. The first kappa shape index (κ1) is 30.8. The van der Waals surface area contributed by atoms with E-state index in [1.54, 1.807) is 0 Å². The molecule has 8 nitrogen and oxygen atoms in total. The monoisotopic (exact) mass is 570 g/mol. The van der Waals surface area contributed by atoms with Crippen LogP contribution in [0.5, 0.6) is 5.75 Å². The van der Waals surface area contributed by atoms with Gasteiger partial charge in [-0.1, -0.05) is 100 Å². The number of para-hydroxylation sites is 1. The van der Waals surface area contributed by atoms with E-state index >= 15 is 0 Å². The molecule has 4 N–H and O–H groups in total. The van der Waals surface area contributed by atoms with Gasteiger partial charge in [-0.2, -0.15) is 0 Å². The Bertz CT molecular complexity index is 1400. The number of carbonyl (C=O) groups excluding carboxylic acids is 3. The molecule has 3 amide bonds. The summed E-state index contributed by atoms with van der Waals surface area (Å²) in [4.78, 5) is 40.1. The zero-order valence-corrected chi connectivity index (χ0v) is 24.7.